The third-order valence-electron chi connectivity index (χ3n) is 3.63. The number of hydrogen-bond acceptors (Lipinski definition) is 6. The van der Waals surface area contributed by atoms with Crippen molar-refractivity contribution in [2.75, 3.05) is 41.5 Å². The van der Waals surface area contributed by atoms with E-state index in [-0.39, 0.29) is 25.6 Å². The number of amides is 1. The van der Waals surface area contributed by atoms with Gasteiger partial charge in [0.1, 0.15) is 25.8 Å². The van der Waals surface area contributed by atoms with E-state index in [0.29, 0.717) is 12.1 Å². The van der Waals surface area contributed by atoms with Crippen molar-refractivity contribution in [3.8, 4) is 0 Å². The summed E-state index contributed by atoms with van der Waals surface area (Å²) in [5.41, 5.74) is 0.590. The number of ether oxygens (including phenoxy) is 5. The Hall–Kier alpha value is -1.51. The Balaban J connectivity index is 2.16. The third kappa shape index (κ3) is 4.27. The van der Waals surface area contributed by atoms with Gasteiger partial charge in [-0.05, 0) is 12.1 Å². The molecule has 0 spiro atoms. The van der Waals surface area contributed by atoms with Crippen LogP contribution in [0, 0.1) is 0 Å². The average Bonchev–Trinajstić information content (AvgIpc) is 2.95. The zero-order valence-electron chi connectivity index (χ0n) is 13.6. The van der Waals surface area contributed by atoms with Crippen molar-refractivity contribution in [2.24, 2.45) is 0 Å². The summed E-state index contributed by atoms with van der Waals surface area (Å²) < 4.78 is 26.7. The van der Waals surface area contributed by atoms with Gasteiger partial charge in [0.15, 0.2) is 6.23 Å². The number of likely N-dealkylation sites (tertiary alicyclic amines) is 1. The van der Waals surface area contributed by atoms with Crippen molar-refractivity contribution in [3.63, 3.8) is 0 Å². The Bertz CT molecular complexity index is 483. The molecule has 1 unspecified atom stereocenters. The summed E-state index contributed by atoms with van der Waals surface area (Å²) >= 11 is 0. The fourth-order valence-electron chi connectivity index (χ4n) is 2.61. The summed E-state index contributed by atoms with van der Waals surface area (Å²) in [5.74, 6) is -0.132. The maximum Gasteiger partial charge on any atom is 0.256 e. The molecule has 0 radical (unpaired) electrons. The first-order valence-corrected chi connectivity index (χ1v) is 7.32. The van der Waals surface area contributed by atoms with E-state index in [1.54, 1.807) is 24.1 Å². The topological polar surface area (TPSA) is 66.5 Å². The number of carbonyl (C=O) groups is 1. The molecule has 0 bridgehead atoms. The van der Waals surface area contributed by atoms with Gasteiger partial charge in [0.2, 0.25) is 0 Å². The molecule has 128 valence electrons. The molecule has 0 aliphatic carbocycles. The van der Waals surface area contributed by atoms with Crippen molar-refractivity contribution in [2.45, 2.75) is 18.4 Å². The van der Waals surface area contributed by atoms with Crippen molar-refractivity contribution < 1.29 is 28.5 Å². The molecule has 0 aromatic heterocycles. The number of benzene rings is 1. The fraction of sp³-hybridized carbons (Fsp3) is 0.562. The average molecular weight is 325 g/mol. The van der Waals surface area contributed by atoms with Crippen LogP contribution in [-0.2, 0) is 23.7 Å². The number of nitrogens with zero attached hydrogens (tertiary/aromatic N) is 1. The van der Waals surface area contributed by atoms with Crippen LogP contribution in [0.15, 0.2) is 30.3 Å². The minimum Gasteiger partial charge on any atom is -0.359 e. The minimum atomic E-state index is -0.556. The first kappa shape index (κ1) is 17.8. The second-order valence-corrected chi connectivity index (χ2v) is 5.10. The maximum atomic E-state index is 12.7. The van der Waals surface area contributed by atoms with Gasteiger partial charge in [-0.3, -0.25) is 4.79 Å². The molecule has 1 aliphatic rings. The Kier molecular flexibility index (Phi) is 6.94. The smallest absolute Gasteiger partial charge is 0.256 e. The van der Waals surface area contributed by atoms with Crippen LogP contribution in [0.25, 0.3) is 0 Å². The lowest BCUT2D eigenvalue weighted by atomic mass is 10.2. The van der Waals surface area contributed by atoms with Crippen LogP contribution in [-0.4, -0.2) is 70.7 Å². The highest BCUT2D eigenvalue weighted by atomic mass is 16.7. The quantitative estimate of drug-likeness (QED) is 0.667. The van der Waals surface area contributed by atoms with Gasteiger partial charge in [0, 0.05) is 26.9 Å². The van der Waals surface area contributed by atoms with Crippen LogP contribution in [0.2, 0.25) is 0 Å². The lowest BCUT2D eigenvalue weighted by molar-refractivity contribution is -0.172. The largest absolute Gasteiger partial charge is 0.359 e. The van der Waals surface area contributed by atoms with Crippen LogP contribution in [0.3, 0.4) is 0 Å². The van der Waals surface area contributed by atoms with Crippen molar-refractivity contribution in [1.29, 1.82) is 0 Å². The van der Waals surface area contributed by atoms with Crippen molar-refractivity contribution in [3.05, 3.63) is 35.9 Å². The summed E-state index contributed by atoms with van der Waals surface area (Å²) in [5, 5.41) is 0. The van der Waals surface area contributed by atoms with E-state index in [4.69, 9.17) is 23.7 Å². The van der Waals surface area contributed by atoms with Gasteiger partial charge in [-0.1, -0.05) is 18.2 Å². The molecule has 0 N–H and O–H groups in total. The van der Waals surface area contributed by atoms with Crippen LogP contribution < -0.4 is 0 Å². The first-order valence-electron chi connectivity index (χ1n) is 7.32. The summed E-state index contributed by atoms with van der Waals surface area (Å²) in [4.78, 5) is 14.3. The SMILES string of the molecule is COCO[C@H]1CN(C(=O)c2ccccc2)C(OC)[C@@H]1OCOC. The Labute approximate surface area is 136 Å². The molecule has 2 rings (SSSR count). The zero-order valence-corrected chi connectivity index (χ0v) is 13.6. The molecule has 1 aliphatic heterocycles. The van der Waals surface area contributed by atoms with E-state index in [0.717, 1.165) is 0 Å². The first-order chi connectivity index (χ1) is 11.2. The van der Waals surface area contributed by atoms with E-state index in [1.165, 1.54) is 14.2 Å². The van der Waals surface area contributed by atoms with E-state index < -0.39 is 12.3 Å². The molecule has 1 fully saturated rings. The molecule has 0 saturated carbocycles. The predicted octanol–water partition coefficient (Wildman–Crippen LogP) is 1.09. The minimum absolute atomic E-state index is 0.0880. The summed E-state index contributed by atoms with van der Waals surface area (Å²) in [7, 11) is 4.62. The summed E-state index contributed by atoms with van der Waals surface area (Å²) in [6, 6.07) is 9.04. The van der Waals surface area contributed by atoms with E-state index in [2.05, 4.69) is 0 Å². The highest BCUT2D eigenvalue weighted by Gasteiger charge is 2.46. The number of hydrogen-bond donors (Lipinski definition) is 0. The molecular weight excluding hydrogens is 302 g/mol. The summed E-state index contributed by atoms with van der Waals surface area (Å²) in [6.45, 7) is 0.552. The lowest BCUT2D eigenvalue weighted by Gasteiger charge is -2.26. The third-order valence-corrected chi connectivity index (χ3v) is 3.63. The van der Waals surface area contributed by atoms with Gasteiger partial charge in [-0.15, -0.1) is 0 Å². The molecule has 1 heterocycles. The van der Waals surface area contributed by atoms with Gasteiger partial charge in [-0.2, -0.15) is 0 Å². The second kappa shape index (κ2) is 8.95. The molecule has 3 atom stereocenters. The van der Waals surface area contributed by atoms with E-state index in [9.17, 15) is 4.79 Å². The highest BCUT2D eigenvalue weighted by molar-refractivity contribution is 5.94. The van der Waals surface area contributed by atoms with Crippen molar-refractivity contribution in [1.82, 2.24) is 4.90 Å². The van der Waals surface area contributed by atoms with Gasteiger partial charge < -0.3 is 28.6 Å². The normalized spacial score (nSPS) is 24.1. The molecular formula is C16H23NO6. The van der Waals surface area contributed by atoms with Gasteiger partial charge in [0.05, 0.1) is 6.54 Å². The van der Waals surface area contributed by atoms with Crippen LogP contribution in [0.5, 0.6) is 0 Å². The van der Waals surface area contributed by atoms with Crippen molar-refractivity contribution >= 4 is 5.91 Å². The summed E-state index contributed by atoms with van der Waals surface area (Å²) in [6.07, 6.45) is -1.37. The van der Waals surface area contributed by atoms with Crippen LogP contribution in [0.4, 0.5) is 0 Å². The van der Waals surface area contributed by atoms with Gasteiger partial charge >= 0.3 is 0 Å². The molecule has 7 heteroatoms. The van der Waals surface area contributed by atoms with Crippen LogP contribution >= 0.6 is 0 Å². The van der Waals surface area contributed by atoms with Gasteiger partial charge in [0.25, 0.3) is 5.91 Å². The fourth-order valence-corrected chi connectivity index (χ4v) is 2.61. The molecule has 1 saturated heterocycles. The predicted molar refractivity (Wildman–Crippen MR) is 81.8 cm³/mol. The zero-order chi connectivity index (χ0) is 16.7. The maximum absolute atomic E-state index is 12.7. The second-order valence-electron chi connectivity index (χ2n) is 5.10. The van der Waals surface area contributed by atoms with Gasteiger partial charge in [-0.25, -0.2) is 0 Å². The molecule has 1 amide bonds. The molecule has 1 aromatic rings. The lowest BCUT2D eigenvalue weighted by Crippen LogP contribution is -2.42. The number of carbonyl (C=O) groups excluding carboxylic acids is 1. The monoisotopic (exact) mass is 325 g/mol. The molecule has 23 heavy (non-hydrogen) atoms. The Morgan fingerprint density at radius 1 is 1.09 bits per heavy atom. The highest BCUT2D eigenvalue weighted by Crippen LogP contribution is 2.26. The number of rotatable bonds is 8. The number of methoxy groups -OCH3 is 3. The van der Waals surface area contributed by atoms with E-state index in [1.807, 2.05) is 18.2 Å². The van der Waals surface area contributed by atoms with E-state index >= 15 is 0 Å². The van der Waals surface area contributed by atoms with Crippen LogP contribution in [0.1, 0.15) is 10.4 Å². The molecule has 7 nitrogen and oxygen atoms in total. The Morgan fingerprint density at radius 3 is 2.35 bits per heavy atom. The Morgan fingerprint density at radius 2 is 1.74 bits per heavy atom. The standard InChI is InChI=1S/C16H23NO6/c1-19-10-22-13-9-17(15(18)12-7-5-4-6-8-12)16(21-3)14(13)23-11-20-2/h4-8,13-14,16H,9-11H2,1-3H3/t13-,14+,16?/m0/s1. The molecule has 1 aromatic carbocycles.